The summed E-state index contributed by atoms with van der Waals surface area (Å²) in [5.74, 6) is 0.987. The predicted molar refractivity (Wildman–Crippen MR) is 208 cm³/mol. The van der Waals surface area contributed by atoms with Gasteiger partial charge in [0.25, 0.3) is 5.91 Å². The lowest BCUT2D eigenvalue weighted by molar-refractivity contribution is -0.253. The topological polar surface area (TPSA) is 156 Å². The first kappa shape index (κ1) is 38.1. The number of phenols is 1. The Balaban J connectivity index is 1.00. The largest absolute Gasteiger partial charge is 0.508 e. The molecule has 6 aromatic rings. The lowest BCUT2D eigenvalue weighted by Gasteiger charge is -2.26. The fourth-order valence-electron chi connectivity index (χ4n) is 5.90. The van der Waals surface area contributed by atoms with E-state index >= 15 is 0 Å². The zero-order valence-corrected chi connectivity index (χ0v) is 30.4. The van der Waals surface area contributed by atoms with Gasteiger partial charge >= 0.3 is 5.97 Å². The van der Waals surface area contributed by atoms with E-state index < -0.39 is 11.9 Å². The molecule has 0 atom stereocenters. The fraction of sp³-hybridized carbons (Fsp3) is 0.136. The summed E-state index contributed by atoms with van der Waals surface area (Å²) in [5, 5.41) is 30.7. The van der Waals surface area contributed by atoms with E-state index in [2.05, 4.69) is 29.5 Å². The van der Waals surface area contributed by atoms with Crippen LogP contribution >= 0.6 is 0 Å². The number of carboxylic acids is 1. The van der Waals surface area contributed by atoms with Crippen LogP contribution in [0.4, 0.5) is 11.4 Å². The summed E-state index contributed by atoms with van der Waals surface area (Å²) < 4.78 is 12.1. The maximum Gasteiger partial charge on any atom is 0.336 e. The molecule has 0 saturated heterocycles. The van der Waals surface area contributed by atoms with Crippen LogP contribution < -0.4 is 20.3 Å². The molecule has 1 amide bonds. The molecule has 0 aliphatic rings. The summed E-state index contributed by atoms with van der Waals surface area (Å²) >= 11 is 0. The van der Waals surface area contributed by atoms with Gasteiger partial charge in [0.2, 0.25) is 0 Å². The van der Waals surface area contributed by atoms with Crippen molar-refractivity contribution in [3.63, 3.8) is 0 Å². The van der Waals surface area contributed by atoms with Crippen LogP contribution in [-0.4, -0.2) is 27.3 Å². The quantitative estimate of drug-likeness (QED) is 0.0507. The fourth-order valence-corrected chi connectivity index (χ4v) is 5.90. The van der Waals surface area contributed by atoms with Gasteiger partial charge in [0.15, 0.2) is 0 Å². The summed E-state index contributed by atoms with van der Waals surface area (Å²) in [5.41, 5.74) is 8.18. The molecule has 280 valence electrons. The van der Waals surface area contributed by atoms with Gasteiger partial charge in [0.05, 0.1) is 23.4 Å². The van der Waals surface area contributed by atoms with E-state index in [1.807, 2.05) is 72.8 Å². The highest BCUT2D eigenvalue weighted by molar-refractivity contribution is 6.10. The number of aromatic hydroxyl groups is 1. The van der Waals surface area contributed by atoms with Crippen molar-refractivity contribution in [3.8, 4) is 28.7 Å². The molecular weight excluding hydrogens is 700 g/mol. The number of hydrogen-bond acceptors (Lipinski definition) is 9. The highest BCUT2D eigenvalue weighted by Crippen LogP contribution is 2.35. The molecule has 0 fully saturated rings. The van der Waals surface area contributed by atoms with Crippen LogP contribution in [0.25, 0.3) is 0 Å². The van der Waals surface area contributed by atoms with Crippen molar-refractivity contribution >= 4 is 23.3 Å². The Morgan fingerprint density at radius 2 is 1.15 bits per heavy atom. The average molecular weight is 741 g/mol. The molecule has 0 aliphatic carbocycles. The molecule has 0 spiro atoms. The molecule has 0 saturated carbocycles. The van der Waals surface area contributed by atoms with Crippen molar-refractivity contribution < 1.29 is 44.3 Å². The molecule has 11 nitrogen and oxygen atoms in total. The Morgan fingerprint density at radius 1 is 0.618 bits per heavy atom. The SMILES string of the molecule is Cc1ccc(C(=O)O)c(C(=O)Nc2ccc(Oc3ccc(C(C)(C)c4ccc(Oc5ccc(NOCc6ccc(O)cc6COO)cc5)cc4)cc3)cc2)c1. The van der Waals surface area contributed by atoms with Gasteiger partial charge in [-0.15, -0.1) is 0 Å². The maximum atomic E-state index is 12.8. The van der Waals surface area contributed by atoms with Crippen molar-refractivity contribution in [1.82, 2.24) is 0 Å². The lowest BCUT2D eigenvalue weighted by Crippen LogP contribution is -2.18. The van der Waals surface area contributed by atoms with Crippen molar-refractivity contribution in [2.24, 2.45) is 0 Å². The van der Waals surface area contributed by atoms with Gasteiger partial charge in [0.1, 0.15) is 35.4 Å². The maximum absolute atomic E-state index is 12.8. The number of carboxylic acid groups (broad SMARTS) is 1. The molecule has 0 heterocycles. The van der Waals surface area contributed by atoms with Crippen LogP contribution in [0.3, 0.4) is 0 Å². The molecule has 11 heteroatoms. The summed E-state index contributed by atoms with van der Waals surface area (Å²) in [7, 11) is 0. The number of benzene rings is 6. The number of aryl methyl sites for hydroxylation is 1. The van der Waals surface area contributed by atoms with E-state index in [4.69, 9.17) is 19.6 Å². The zero-order valence-electron chi connectivity index (χ0n) is 30.4. The summed E-state index contributed by atoms with van der Waals surface area (Å²) in [6, 6.07) is 39.4. The molecule has 0 unspecified atom stereocenters. The number of phenolic OH excluding ortho intramolecular Hbond substituents is 1. The van der Waals surface area contributed by atoms with E-state index in [0.29, 0.717) is 34.2 Å². The Kier molecular flexibility index (Phi) is 11.8. The van der Waals surface area contributed by atoms with Crippen LogP contribution in [0.1, 0.15) is 62.4 Å². The third-order valence-corrected chi connectivity index (χ3v) is 9.07. The van der Waals surface area contributed by atoms with Gasteiger partial charge in [-0.1, -0.05) is 55.8 Å². The van der Waals surface area contributed by atoms with Gasteiger partial charge in [-0.05, 0) is 126 Å². The number of carbonyl (C=O) groups is 2. The van der Waals surface area contributed by atoms with Crippen LogP contribution in [0.5, 0.6) is 28.7 Å². The average Bonchev–Trinajstić information content (AvgIpc) is 3.17. The van der Waals surface area contributed by atoms with Gasteiger partial charge < -0.3 is 25.0 Å². The number of carbonyl (C=O) groups excluding carboxylic acids is 1. The van der Waals surface area contributed by atoms with Crippen molar-refractivity contribution in [2.75, 3.05) is 10.8 Å². The van der Waals surface area contributed by atoms with Crippen LogP contribution in [-0.2, 0) is 28.4 Å². The summed E-state index contributed by atoms with van der Waals surface area (Å²) in [6.45, 7) is 6.22. The molecule has 0 radical (unpaired) electrons. The van der Waals surface area contributed by atoms with Crippen LogP contribution in [0.2, 0.25) is 0 Å². The first-order chi connectivity index (χ1) is 26.5. The second-order valence-corrected chi connectivity index (χ2v) is 13.4. The molecule has 55 heavy (non-hydrogen) atoms. The molecule has 5 N–H and O–H groups in total. The minimum absolute atomic E-state index is 0.0584. The molecule has 0 aromatic heterocycles. The lowest BCUT2D eigenvalue weighted by atomic mass is 9.78. The van der Waals surface area contributed by atoms with Gasteiger partial charge in [0, 0.05) is 11.1 Å². The first-order valence-electron chi connectivity index (χ1n) is 17.4. The second kappa shape index (κ2) is 17.0. The van der Waals surface area contributed by atoms with Crippen LogP contribution in [0.15, 0.2) is 133 Å². The van der Waals surface area contributed by atoms with Crippen molar-refractivity contribution in [1.29, 1.82) is 0 Å². The number of nitrogens with one attached hydrogen (secondary N) is 2. The van der Waals surface area contributed by atoms with E-state index in [1.165, 1.54) is 12.1 Å². The monoisotopic (exact) mass is 740 g/mol. The van der Waals surface area contributed by atoms with E-state index in [0.717, 1.165) is 27.9 Å². The predicted octanol–water partition coefficient (Wildman–Crippen LogP) is 10.1. The molecule has 6 aromatic carbocycles. The normalized spacial score (nSPS) is 11.1. The third kappa shape index (κ3) is 9.67. The standard InChI is InChI=1S/C44H40N2O9/c1-28-4-23-40(43(49)50)41(24-28)42(48)45-33-10-19-38(20-11-33)54-36-15-6-31(7-16-36)44(2,3)32-8-17-37(18-9-32)55-39-21-12-34(13-22-39)46-52-26-29-5-14-35(47)25-30(29)27-53-51/h4-25,46-47,51H,26-27H2,1-3H3,(H,45,48)(H,49,50). The first-order valence-corrected chi connectivity index (χ1v) is 17.4. The van der Waals surface area contributed by atoms with E-state index in [9.17, 15) is 19.8 Å². The summed E-state index contributed by atoms with van der Waals surface area (Å²) in [6.07, 6.45) is 0. The van der Waals surface area contributed by atoms with Gasteiger partial charge in [-0.25, -0.2) is 9.68 Å². The number of aromatic carboxylic acids is 1. The van der Waals surface area contributed by atoms with E-state index in [1.54, 1.807) is 55.5 Å². The molecular formula is C44H40N2O9. The highest BCUT2D eigenvalue weighted by Gasteiger charge is 2.23. The minimum atomic E-state index is -1.16. The zero-order chi connectivity index (χ0) is 39.0. The Labute approximate surface area is 318 Å². The highest BCUT2D eigenvalue weighted by atomic mass is 17.1. The third-order valence-electron chi connectivity index (χ3n) is 9.07. The number of hydrogen-bond donors (Lipinski definition) is 5. The number of anilines is 2. The second-order valence-electron chi connectivity index (χ2n) is 13.4. The number of rotatable bonds is 15. The Bertz CT molecular complexity index is 2250. The Hall–Kier alpha value is -6.66. The van der Waals surface area contributed by atoms with Gasteiger partial charge in [-0.3, -0.25) is 20.4 Å². The molecule has 0 aliphatic heterocycles. The number of amides is 1. The Morgan fingerprint density at radius 3 is 1.67 bits per heavy atom. The number of ether oxygens (including phenoxy) is 2. The minimum Gasteiger partial charge on any atom is -0.508 e. The smallest absolute Gasteiger partial charge is 0.336 e. The van der Waals surface area contributed by atoms with E-state index in [-0.39, 0.29) is 35.5 Å². The molecule has 0 bridgehead atoms. The van der Waals surface area contributed by atoms with Gasteiger partial charge in [-0.2, -0.15) is 0 Å². The van der Waals surface area contributed by atoms with Crippen molar-refractivity contribution in [3.05, 3.63) is 172 Å². The van der Waals surface area contributed by atoms with Crippen LogP contribution in [0, 0.1) is 6.92 Å². The summed E-state index contributed by atoms with van der Waals surface area (Å²) in [4.78, 5) is 34.2. The molecule has 6 rings (SSSR count). The van der Waals surface area contributed by atoms with Crippen molar-refractivity contribution in [2.45, 2.75) is 39.4 Å².